The molecule has 0 spiro atoms. The molecule has 0 atom stereocenters. The zero-order valence-corrected chi connectivity index (χ0v) is 19.2. The van der Waals surface area contributed by atoms with E-state index in [0.29, 0.717) is 5.76 Å². The number of halogens is 2. The van der Waals surface area contributed by atoms with Crippen molar-refractivity contribution in [1.82, 2.24) is 5.32 Å². The molecule has 0 aliphatic rings. The summed E-state index contributed by atoms with van der Waals surface area (Å²) in [4.78, 5) is 25.3. The molecule has 2 N–H and O–H groups in total. The number of nitrogens with one attached hydrogen (secondary N) is 2. The van der Waals surface area contributed by atoms with E-state index in [0.717, 1.165) is 10.6 Å². The zero-order valence-electron chi connectivity index (χ0n) is 16.8. The molecule has 0 saturated heterocycles. The van der Waals surface area contributed by atoms with Gasteiger partial charge in [0.1, 0.15) is 12.3 Å². The third kappa shape index (κ3) is 6.03. The van der Waals surface area contributed by atoms with Crippen LogP contribution in [0.4, 0.5) is 11.4 Å². The van der Waals surface area contributed by atoms with E-state index in [1.807, 2.05) is 0 Å². The number of nitrogens with zero attached hydrogens (tertiary/aromatic N) is 1. The van der Waals surface area contributed by atoms with E-state index in [1.165, 1.54) is 36.6 Å². The molecule has 0 radical (unpaired) electrons. The molecule has 168 valence electrons. The van der Waals surface area contributed by atoms with Gasteiger partial charge in [-0.1, -0.05) is 35.3 Å². The highest BCUT2D eigenvalue weighted by atomic mass is 35.5. The molecule has 0 saturated carbocycles. The Bertz CT molecular complexity index is 1230. The lowest BCUT2D eigenvalue weighted by Gasteiger charge is -2.23. The van der Waals surface area contributed by atoms with Gasteiger partial charge in [-0.2, -0.15) is 0 Å². The van der Waals surface area contributed by atoms with Crippen LogP contribution in [0.5, 0.6) is 0 Å². The predicted octanol–water partition coefficient (Wildman–Crippen LogP) is 3.92. The molecule has 1 heterocycles. The molecule has 8 nitrogen and oxygen atoms in total. The highest BCUT2D eigenvalue weighted by molar-refractivity contribution is 7.92. The summed E-state index contributed by atoms with van der Waals surface area (Å²) in [5.74, 6) is -0.532. The molecule has 3 rings (SSSR count). The summed E-state index contributed by atoms with van der Waals surface area (Å²) in [5, 5.41) is 5.66. The molecule has 2 aromatic carbocycles. The zero-order chi connectivity index (χ0) is 23.3. The fourth-order valence-corrected chi connectivity index (χ4v) is 4.14. The molecule has 0 aliphatic heterocycles. The standard InChI is InChI=1S/C21H19Cl2N3O5S/c1-32(29,30)26(19-11-14(22)8-9-17(19)23)13-20(27)25-18-7-3-2-6-16(18)21(28)24-12-15-5-4-10-31-15/h2-11H,12-13H2,1H3,(H,24,28)(H,25,27). The Morgan fingerprint density at radius 3 is 2.50 bits per heavy atom. The monoisotopic (exact) mass is 495 g/mol. The van der Waals surface area contributed by atoms with Crippen molar-refractivity contribution in [3.05, 3.63) is 82.2 Å². The quantitative estimate of drug-likeness (QED) is 0.492. The Balaban J connectivity index is 1.77. The first kappa shape index (κ1) is 23.6. The molecule has 0 fully saturated rings. The number of amides is 2. The van der Waals surface area contributed by atoms with Gasteiger partial charge in [-0.25, -0.2) is 8.42 Å². The van der Waals surface area contributed by atoms with E-state index >= 15 is 0 Å². The second-order valence-corrected chi connectivity index (χ2v) is 9.47. The summed E-state index contributed by atoms with van der Waals surface area (Å²) in [5.41, 5.74) is 0.500. The number of para-hydroxylation sites is 1. The van der Waals surface area contributed by atoms with E-state index in [2.05, 4.69) is 10.6 Å². The molecular weight excluding hydrogens is 477 g/mol. The summed E-state index contributed by atoms with van der Waals surface area (Å²) in [6.45, 7) is -0.398. The SMILES string of the molecule is CS(=O)(=O)N(CC(=O)Nc1ccccc1C(=O)NCc1ccco1)c1cc(Cl)ccc1Cl. The molecule has 11 heteroatoms. The van der Waals surface area contributed by atoms with Crippen molar-refractivity contribution in [3.63, 3.8) is 0 Å². The Labute approximate surface area is 195 Å². The number of furan rings is 1. The number of carbonyl (C=O) groups excluding carboxylic acids is 2. The molecule has 0 bridgehead atoms. The lowest BCUT2D eigenvalue weighted by atomic mass is 10.1. The van der Waals surface area contributed by atoms with Crippen LogP contribution in [0.25, 0.3) is 0 Å². The van der Waals surface area contributed by atoms with E-state index in [4.69, 9.17) is 27.6 Å². The van der Waals surface area contributed by atoms with E-state index in [9.17, 15) is 18.0 Å². The predicted molar refractivity (Wildman–Crippen MR) is 124 cm³/mol. The van der Waals surface area contributed by atoms with Gasteiger partial charge in [0.05, 0.1) is 41.0 Å². The molecule has 0 unspecified atom stereocenters. The number of sulfonamides is 1. The Morgan fingerprint density at radius 2 is 1.81 bits per heavy atom. The van der Waals surface area contributed by atoms with E-state index in [-0.39, 0.29) is 33.5 Å². The summed E-state index contributed by atoms with van der Waals surface area (Å²) >= 11 is 12.1. The van der Waals surface area contributed by atoms with Gasteiger partial charge < -0.3 is 15.1 Å². The number of benzene rings is 2. The molecule has 2 amide bonds. The number of hydrogen-bond donors (Lipinski definition) is 2. The summed E-state index contributed by atoms with van der Waals surface area (Å²) in [7, 11) is -3.87. The largest absolute Gasteiger partial charge is 0.467 e. The van der Waals surface area contributed by atoms with Crippen LogP contribution in [0, 0.1) is 0 Å². The highest BCUT2D eigenvalue weighted by Crippen LogP contribution is 2.30. The minimum Gasteiger partial charge on any atom is -0.467 e. The van der Waals surface area contributed by atoms with Crippen LogP contribution < -0.4 is 14.9 Å². The van der Waals surface area contributed by atoms with Gasteiger partial charge in [0.25, 0.3) is 5.91 Å². The van der Waals surface area contributed by atoms with Gasteiger partial charge in [-0.15, -0.1) is 0 Å². The first-order chi connectivity index (χ1) is 15.1. The summed E-state index contributed by atoms with van der Waals surface area (Å²) in [6, 6.07) is 14.1. The van der Waals surface area contributed by atoms with Crippen molar-refractivity contribution < 1.29 is 22.4 Å². The minimum absolute atomic E-state index is 0.0706. The van der Waals surface area contributed by atoms with Crippen molar-refractivity contribution in [2.45, 2.75) is 6.54 Å². The first-order valence-corrected chi connectivity index (χ1v) is 11.9. The van der Waals surface area contributed by atoms with Crippen molar-refractivity contribution in [2.24, 2.45) is 0 Å². The molecule has 3 aromatic rings. The van der Waals surface area contributed by atoms with Gasteiger partial charge in [-0.05, 0) is 42.5 Å². The number of hydrogen-bond acceptors (Lipinski definition) is 5. The van der Waals surface area contributed by atoms with Crippen LogP contribution in [0.15, 0.2) is 65.3 Å². The Hall–Kier alpha value is -3.01. The maximum absolute atomic E-state index is 12.7. The molecule has 0 aliphatic carbocycles. The smallest absolute Gasteiger partial charge is 0.253 e. The second kappa shape index (κ2) is 10.1. The minimum atomic E-state index is -3.87. The topological polar surface area (TPSA) is 109 Å². The van der Waals surface area contributed by atoms with Crippen molar-refractivity contribution >= 4 is 56.4 Å². The van der Waals surface area contributed by atoms with Gasteiger partial charge in [0.15, 0.2) is 0 Å². The van der Waals surface area contributed by atoms with Crippen LogP contribution in [0.2, 0.25) is 10.0 Å². The third-order valence-corrected chi connectivity index (χ3v) is 5.99. The molecular formula is C21H19Cl2N3O5S. The van der Waals surface area contributed by atoms with Crippen molar-refractivity contribution in [2.75, 3.05) is 22.4 Å². The molecule has 32 heavy (non-hydrogen) atoms. The summed E-state index contributed by atoms with van der Waals surface area (Å²) in [6.07, 6.45) is 2.45. The highest BCUT2D eigenvalue weighted by Gasteiger charge is 2.24. The third-order valence-electron chi connectivity index (χ3n) is 4.31. The first-order valence-electron chi connectivity index (χ1n) is 9.27. The van der Waals surface area contributed by atoms with Crippen LogP contribution in [0.1, 0.15) is 16.1 Å². The van der Waals surface area contributed by atoms with Gasteiger partial charge in [-0.3, -0.25) is 13.9 Å². The van der Waals surface area contributed by atoms with Gasteiger partial charge in [0.2, 0.25) is 15.9 Å². The Kier molecular flexibility index (Phi) is 7.44. The van der Waals surface area contributed by atoms with E-state index in [1.54, 1.807) is 24.3 Å². The maximum Gasteiger partial charge on any atom is 0.253 e. The van der Waals surface area contributed by atoms with Crippen LogP contribution in [0.3, 0.4) is 0 Å². The lowest BCUT2D eigenvalue weighted by Crippen LogP contribution is -2.38. The lowest BCUT2D eigenvalue weighted by molar-refractivity contribution is -0.114. The fraction of sp³-hybridized carbons (Fsp3) is 0.143. The fourth-order valence-electron chi connectivity index (χ4n) is 2.84. The van der Waals surface area contributed by atoms with E-state index < -0.39 is 28.4 Å². The van der Waals surface area contributed by atoms with Gasteiger partial charge in [0, 0.05) is 5.02 Å². The van der Waals surface area contributed by atoms with Crippen LogP contribution >= 0.6 is 23.2 Å². The van der Waals surface area contributed by atoms with Gasteiger partial charge >= 0.3 is 0 Å². The van der Waals surface area contributed by atoms with Crippen LogP contribution in [-0.2, 0) is 21.4 Å². The number of carbonyl (C=O) groups is 2. The number of anilines is 2. The number of rotatable bonds is 8. The van der Waals surface area contributed by atoms with Crippen molar-refractivity contribution in [1.29, 1.82) is 0 Å². The average molecular weight is 496 g/mol. The second-order valence-electron chi connectivity index (χ2n) is 6.72. The average Bonchev–Trinajstić information content (AvgIpc) is 3.25. The molecule has 1 aromatic heterocycles. The van der Waals surface area contributed by atoms with Crippen LogP contribution in [-0.4, -0.2) is 33.0 Å². The maximum atomic E-state index is 12.7. The normalized spacial score (nSPS) is 11.1. The summed E-state index contributed by atoms with van der Waals surface area (Å²) < 4.78 is 30.7. The van der Waals surface area contributed by atoms with Crippen molar-refractivity contribution in [3.8, 4) is 0 Å². The Morgan fingerprint density at radius 1 is 1.06 bits per heavy atom.